The number of hydrogen-bond acceptors (Lipinski definition) is 10. The fourth-order valence-corrected chi connectivity index (χ4v) is 10.3. The largest absolute Gasteiger partial charge is 0.487 e. The van der Waals surface area contributed by atoms with E-state index in [4.69, 9.17) is 32.9 Å². The molecular weight excluding hydrogens is 802 g/mol. The standard InChI is InChI=1S/C48H54ClN9O4/c1-47(2,34-26-35(49)28-37(27-34)50-3)33-4-6-38(7-5-33)62-31-36-12-19-51-46(52-36)57-24-17-48(18-25-57)15-22-55(23-16-48)29-32-13-20-56(21-14-32)42-10-8-39-40(53-42)30-58(45(39)61)41-9-11-43(59)54-44(41)60/h4-8,10,12,19,26-28,32,41H,9,11,13-18,20-25,29-31H2,1-2H3,(H,54,59,60). The van der Waals surface area contributed by atoms with Crippen LogP contribution in [0, 0.1) is 17.9 Å². The maximum atomic E-state index is 13.1. The van der Waals surface area contributed by atoms with Crippen molar-refractivity contribution in [1.82, 2.24) is 30.1 Å². The number of amides is 3. The Labute approximate surface area is 368 Å². The lowest BCUT2D eigenvalue weighted by atomic mass is 9.71. The molecule has 2 aromatic carbocycles. The van der Waals surface area contributed by atoms with Gasteiger partial charge in [-0.2, -0.15) is 0 Å². The molecule has 322 valence electrons. The first-order chi connectivity index (χ1) is 29.9. The molecule has 0 aliphatic carbocycles. The van der Waals surface area contributed by atoms with Crippen molar-refractivity contribution in [3.63, 3.8) is 0 Å². The van der Waals surface area contributed by atoms with Gasteiger partial charge in [-0.1, -0.05) is 43.6 Å². The van der Waals surface area contributed by atoms with Gasteiger partial charge in [0.15, 0.2) is 5.69 Å². The van der Waals surface area contributed by atoms with E-state index in [0.717, 1.165) is 106 Å². The Morgan fingerprint density at radius 2 is 1.61 bits per heavy atom. The quantitative estimate of drug-likeness (QED) is 0.128. The van der Waals surface area contributed by atoms with Crippen LogP contribution < -0.4 is 19.9 Å². The number of pyridine rings is 1. The van der Waals surface area contributed by atoms with E-state index in [1.165, 1.54) is 12.8 Å². The first kappa shape index (κ1) is 41.8. The molecule has 7 heterocycles. The number of hydrogen-bond donors (Lipinski definition) is 1. The number of imide groups is 1. The number of carbonyl (C=O) groups excluding carboxylic acids is 3. The lowest BCUT2D eigenvalue weighted by molar-refractivity contribution is -0.136. The summed E-state index contributed by atoms with van der Waals surface area (Å²) in [5.74, 6) is 2.23. The molecule has 0 bridgehead atoms. The van der Waals surface area contributed by atoms with E-state index < -0.39 is 11.9 Å². The van der Waals surface area contributed by atoms with Crippen LogP contribution in [0.1, 0.15) is 98.1 Å². The fourth-order valence-electron chi connectivity index (χ4n) is 10.1. The van der Waals surface area contributed by atoms with Crippen LogP contribution in [-0.4, -0.2) is 94.3 Å². The summed E-state index contributed by atoms with van der Waals surface area (Å²) in [5, 5.41) is 2.94. The van der Waals surface area contributed by atoms with Gasteiger partial charge >= 0.3 is 0 Å². The summed E-state index contributed by atoms with van der Waals surface area (Å²) in [6.45, 7) is 19.6. The van der Waals surface area contributed by atoms with Crippen molar-refractivity contribution >= 4 is 46.8 Å². The molecule has 1 atom stereocenters. The van der Waals surface area contributed by atoms with Crippen molar-refractivity contribution in [3.8, 4) is 5.75 Å². The van der Waals surface area contributed by atoms with Crippen LogP contribution in [-0.2, 0) is 28.2 Å². The SMILES string of the molecule is [C-]#[N+]c1cc(Cl)cc(C(C)(C)c2ccc(OCc3ccnc(N4CCC5(CCN(CC6CCN(c7ccc8c(n7)CN(C7CCC(=O)NC7=O)C8=O)CC6)CC5)CC4)n3)cc2)c1. The van der Waals surface area contributed by atoms with Crippen molar-refractivity contribution in [2.24, 2.45) is 11.3 Å². The van der Waals surface area contributed by atoms with Crippen molar-refractivity contribution in [2.45, 2.75) is 89.8 Å². The number of fused-ring (bicyclic) bond motifs is 1. The number of likely N-dealkylation sites (tertiary alicyclic amines) is 1. The number of ether oxygens (including phenoxy) is 1. The molecule has 1 N–H and O–H groups in total. The number of nitrogens with one attached hydrogen (secondary N) is 1. The molecule has 1 spiro atoms. The van der Waals surface area contributed by atoms with Gasteiger partial charge in [0.05, 0.1) is 30.1 Å². The average Bonchev–Trinajstić information content (AvgIpc) is 3.61. The summed E-state index contributed by atoms with van der Waals surface area (Å²) < 4.78 is 6.18. The number of halogens is 1. The second kappa shape index (κ2) is 17.3. The highest BCUT2D eigenvalue weighted by atomic mass is 35.5. The van der Waals surface area contributed by atoms with Gasteiger partial charge in [-0.3, -0.25) is 19.7 Å². The van der Waals surface area contributed by atoms with Gasteiger partial charge in [-0.05, 0) is 123 Å². The molecule has 4 saturated heterocycles. The van der Waals surface area contributed by atoms with Crippen molar-refractivity contribution in [2.75, 3.05) is 55.6 Å². The predicted molar refractivity (Wildman–Crippen MR) is 237 cm³/mol. The van der Waals surface area contributed by atoms with E-state index in [0.29, 0.717) is 52.9 Å². The molecule has 0 saturated carbocycles. The van der Waals surface area contributed by atoms with E-state index in [9.17, 15) is 14.4 Å². The number of aromatic nitrogens is 3. The van der Waals surface area contributed by atoms with Gasteiger partial charge in [-0.25, -0.2) is 19.8 Å². The number of rotatable bonds is 10. The second-order valence-electron chi connectivity index (χ2n) is 18.4. The minimum Gasteiger partial charge on any atom is -0.487 e. The molecule has 9 rings (SSSR count). The molecule has 62 heavy (non-hydrogen) atoms. The van der Waals surface area contributed by atoms with E-state index in [1.54, 1.807) is 11.0 Å². The molecule has 2 aromatic heterocycles. The van der Waals surface area contributed by atoms with E-state index in [2.05, 4.69) is 55.8 Å². The Kier molecular flexibility index (Phi) is 11.6. The minimum atomic E-state index is -0.628. The van der Waals surface area contributed by atoms with Gasteiger partial charge in [-0.15, -0.1) is 0 Å². The third-order valence-electron chi connectivity index (χ3n) is 14.2. The summed E-state index contributed by atoms with van der Waals surface area (Å²) in [4.78, 5) is 64.2. The minimum absolute atomic E-state index is 0.183. The third-order valence-corrected chi connectivity index (χ3v) is 14.5. The smallest absolute Gasteiger partial charge is 0.256 e. The topological polar surface area (TPSA) is 128 Å². The highest BCUT2D eigenvalue weighted by Crippen LogP contribution is 2.42. The lowest BCUT2D eigenvalue weighted by Crippen LogP contribution is -2.52. The van der Waals surface area contributed by atoms with Gasteiger partial charge in [0.25, 0.3) is 5.91 Å². The maximum absolute atomic E-state index is 13.1. The summed E-state index contributed by atoms with van der Waals surface area (Å²) in [6.07, 6.45) is 9.44. The molecular formula is C48H54ClN9O4. The van der Waals surface area contributed by atoms with Crippen molar-refractivity contribution < 1.29 is 19.1 Å². The molecule has 5 aliphatic rings. The number of carbonyl (C=O) groups is 3. The highest BCUT2D eigenvalue weighted by Gasteiger charge is 2.41. The zero-order valence-electron chi connectivity index (χ0n) is 35.6. The number of anilines is 2. The molecule has 5 aliphatic heterocycles. The lowest BCUT2D eigenvalue weighted by Gasteiger charge is -2.47. The molecule has 14 heteroatoms. The van der Waals surface area contributed by atoms with E-state index in [-0.39, 0.29) is 23.7 Å². The van der Waals surface area contributed by atoms with Crippen LogP contribution in [0.3, 0.4) is 0 Å². The fraction of sp³-hybridized carbons (Fsp3) is 0.479. The average molecular weight is 856 g/mol. The van der Waals surface area contributed by atoms with E-state index in [1.807, 2.05) is 48.7 Å². The number of nitrogens with zero attached hydrogens (tertiary/aromatic N) is 8. The monoisotopic (exact) mass is 855 g/mol. The van der Waals surface area contributed by atoms with Crippen LogP contribution in [0.2, 0.25) is 5.02 Å². The van der Waals surface area contributed by atoms with Crippen molar-refractivity contribution in [3.05, 3.63) is 111 Å². The summed E-state index contributed by atoms with van der Waals surface area (Å²) in [6, 6.07) is 18.7. The Morgan fingerprint density at radius 3 is 2.34 bits per heavy atom. The van der Waals surface area contributed by atoms with Gasteiger partial charge in [0.1, 0.15) is 24.2 Å². The highest BCUT2D eigenvalue weighted by molar-refractivity contribution is 6.31. The van der Waals surface area contributed by atoms with Gasteiger partial charge in [0.2, 0.25) is 17.8 Å². The van der Waals surface area contributed by atoms with Crippen LogP contribution in [0.25, 0.3) is 4.85 Å². The van der Waals surface area contributed by atoms with E-state index >= 15 is 0 Å². The molecule has 4 aromatic rings. The zero-order valence-corrected chi connectivity index (χ0v) is 36.4. The summed E-state index contributed by atoms with van der Waals surface area (Å²) >= 11 is 6.32. The molecule has 3 amide bonds. The molecule has 0 radical (unpaired) electrons. The molecule has 13 nitrogen and oxygen atoms in total. The Balaban J connectivity index is 0.708. The summed E-state index contributed by atoms with van der Waals surface area (Å²) in [5.41, 5.74) is 4.81. The third kappa shape index (κ3) is 8.72. The number of benzene rings is 2. The first-order valence-electron chi connectivity index (χ1n) is 22.1. The van der Waals surface area contributed by atoms with Gasteiger partial charge < -0.3 is 24.3 Å². The van der Waals surface area contributed by atoms with Gasteiger partial charge in [0, 0.05) is 55.8 Å². The molecule has 1 unspecified atom stereocenters. The van der Waals surface area contributed by atoms with Crippen molar-refractivity contribution in [1.29, 1.82) is 0 Å². The maximum Gasteiger partial charge on any atom is 0.256 e. The first-order valence-corrected chi connectivity index (χ1v) is 22.4. The summed E-state index contributed by atoms with van der Waals surface area (Å²) in [7, 11) is 0. The second-order valence-corrected chi connectivity index (χ2v) is 18.8. The van der Waals surface area contributed by atoms with Crippen LogP contribution >= 0.6 is 11.6 Å². The Hall–Kier alpha value is -5.58. The zero-order chi connectivity index (χ0) is 43.0. The Bertz CT molecular complexity index is 2370. The molecule has 4 fully saturated rings. The normalized spacial score (nSPS) is 20.9. The Morgan fingerprint density at radius 1 is 0.871 bits per heavy atom. The predicted octanol–water partition coefficient (Wildman–Crippen LogP) is 7.34. The van der Waals surface area contributed by atoms with Crippen LogP contribution in [0.15, 0.2) is 66.9 Å². The van der Waals surface area contributed by atoms with Crippen LogP contribution in [0.5, 0.6) is 5.75 Å². The van der Waals surface area contributed by atoms with Crippen LogP contribution in [0.4, 0.5) is 17.5 Å². The number of piperidine rings is 4.